The molecule has 0 atom stereocenters. The standard InChI is InChI=1S/C15H22BrN/c1-14(2,3)11-6-10-8-15(4,5)9-17-13(10)12(16)7-11/h6-7,17H,8-9H2,1-5H3. The van der Waals surface area contributed by atoms with Crippen LogP contribution in [0.1, 0.15) is 45.7 Å². The largest absolute Gasteiger partial charge is 0.383 e. The van der Waals surface area contributed by atoms with E-state index in [1.54, 1.807) is 0 Å². The van der Waals surface area contributed by atoms with Gasteiger partial charge in [-0.05, 0) is 50.4 Å². The summed E-state index contributed by atoms with van der Waals surface area (Å²) in [4.78, 5) is 0. The van der Waals surface area contributed by atoms with E-state index in [4.69, 9.17) is 0 Å². The maximum atomic E-state index is 3.70. The molecule has 0 spiro atoms. The zero-order valence-electron chi connectivity index (χ0n) is 11.4. The van der Waals surface area contributed by atoms with Crippen molar-refractivity contribution in [1.29, 1.82) is 0 Å². The van der Waals surface area contributed by atoms with Crippen LogP contribution in [-0.2, 0) is 11.8 Å². The zero-order valence-corrected chi connectivity index (χ0v) is 13.0. The molecule has 94 valence electrons. The first-order valence-electron chi connectivity index (χ1n) is 6.26. The van der Waals surface area contributed by atoms with Crippen molar-refractivity contribution in [2.75, 3.05) is 11.9 Å². The molecule has 0 aliphatic carbocycles. The van der Waals surface area contributed by atoms with Crippen LogP contribution in [0.4, 0.5) is 5.69 Å². The highest BCUT2D eigenvalue weighted by atomic mass is 79.9. The molecule has 0 saturated carbocycles. The zero-order chi connectivity index (χ0) is 12.8. The van der Waals surface area contributed by atoms with E-state index >= 15 is 0 Å². The Labute approximate surface area is 113 Å². The van der Waals surface area contributed by atoms with Gasteiger partial charge in [0.25, 0.3) is 0 Å². The highest BCUT2D eigenvalue weighted by Gasteiger charge is 2.27. The van der Waals surface area contributed by atoms with Gasteiger partial charge in [0.2, 0.25) is 0 Å². The van der Waals surface area contributed by atoms with Crippen LogP contribution < -0.4 is 5.32 Å². The van der Waals surface area contributed by atoms with E-state index in [1.165, 1.54) is 21.3 Å². The number of fused-ring (bicyclic) bond motifs is 1. The first-order chi connectivity index (χ1) is 7.69. The topological polar surface area (TPSA) is 12.0 Å². The first kappa shape index (κ1) is 12.9. The minimum atomic E-state index is 0.207. The van der Waals surface area contributed by atoms with Gasteiger partial charge in [-0.15, -0.1) is 0 Å². The van der Waals surface area contributed by atoms with Crippen molar-refractivity contribution in [2.24, 2.45) is 5.41 Å². The molecule has 0 aromatic heterocycles. The fourth-order valence-corrected chi connectivity index (χ4v) is 2.98. The molecule has 1 aromatic carbocycles. The summed E-state index contributed by atoms with van der Waals surface area (Å²) in [7, 11) is 0. The molecule has 0 amide bonds. The Bertz CT molecular complexity index is 441. The number of hydrogen-bond acceptors (Lipinski definition) is 1. The summed E-state index contributed by atoms with van der Waals surface area (Å²) >= 11 is 3.70. The van der Waals surface area contributed by atoms with Gasteiger partial charge in [0, 0.05) is 11.0 Å². The van der Waals surface area contributed by atoms with Gasteiger partial charge >= 0.3 is 0 Å². The third-order valence-electron chi connectivity index (χ3n) is 3.45. The van der Waals surface area contributed by atoms with Gasteiger partial charge in [-0.2, -0.15) is 0 Å². The second kappa shape index (κ2) is 4.01. The van der Waals surface area contributed by atoms with Crippen LogP contribution in [0.25, 0.3) is 0 Å². The summed E-state index contributed by atoms with van der Waals surface area (Å²) < 4.78 is 1.20. The lowest BCUT2D eigenvalue weighted by atomic mass is 9.79. The van der Waals surface area contributed by atoms with Crippen LogP contribution in [0.15, 0.2) is 16.6 Å². The molecule has 0 saturated heterocycles. The van der Waals surface area contributed by atoms with Gasteiger partial charge in [-0.25, -0.2) is 0 Å². The number of benzene rings is 1. The Morgan fingerprint density at radius 2 is 1.88 bits per heavy atom. The summed E-state index contributed by atoms with van der Waals surface area (Å²) in [5, 5.41) is 3.55. The summed E-state index contributed by atoms with van der Waals surface area (Å²) in [6.07, 6.45) is 1.15. The molecular weight excluding hydrogens is 274 g/mol. The quantitative estimate of drug-likeness (QED) is 0.729. The molecular formula is C15H22BrN. The van der Waals surface area contributed by atoms with E-state index in [-0.39, 0.29) is 5.41 Å². The van der Waals surface area contributed by atoms with Crippen LogP contribution in [0.5, 0.6) is 0 Å². The van der Waals surface area contributed by atoms with Gasteiger partial charge < -0.3 is 5.32 Å². The summed E-state index contributed by atoms with van der Waals surface area (Å²) in [6.45, 7) is 12.5. The summed E-state index contributed by atoms with van der Waals surface area (Å²) in [5.41, 5.74) is 4.70. The Balaban J connectivity index is 2.49. The predicted molar refractivity (Wildman–Crippen MR) is 78.8 cm³/mol. The maximum Gasteiger partial charge on any atom is 0.0517 e. The Hall–Kier alpha value is -0.500. The van der Waals surface area contributed by atoms with Crippen molar-refractivity contribution in [3.8, 4) is 0 Å². The van der Waals surface area contributed by atoms with Crippen molar-refractivity contribution < 1.29 is 0 Å². The number of nitrogens with one attached hydrogen (secondary N) is 1. The number of halogens is 1. The molecule has 2 heteroatoms. The lowest BCUT2D eigenvalue weighted by Gasteiger charge is -2.34. The van der Waals surface area contributed by atoms with Crippen LogP contribution in [0.2, 0.25) is 0 Å². The molecule has 1 aliphatic heterocycles. The van der Waals surface area contributed by atoms with Crippen molar-refractivity contribution >= 4 is 21.6 Å². The highest BCUT2D eigenvalue weighted by Crippen LogP contribution is 2.39. The Morgan fingerprint density at radius 1 is 1.24 bits per heavy atom. The molecule has 1 nitrogen and oxygen atoms in total. The number of hydrogen-bond donors (Lipinski definition) is 1. The van der Waals surface area contributed by atoms with Crippen molar-refractivity contribution in [3.05, 3.63) is 27.7 Å². The molecule has 0 unspecified atom stereocenters. The molecule has 0 radical (unpaired) electrons. The average molecular weight is 296 g/mol. The Morgan fingerprint density at radius 3 is 2.47 bits per heavy atom. The van der Waals surface area contributed by atoms with E-state index in [0.29, 0.717) is 5.41 Å². The summed E-state index contributed by atoms with van der Waals surface area (Å²) in [6, 6.07) is 4.62. The van der Waals surface area contributed by atoms with Crippen molar-refractivity contribution in [2.45, 2.75) is 46.5 Å². The van der Waals surface area contributed by atoms with Crippen molar-refractivity contribution in [3.63, 3.8) is 0 Å². The SMILES string of the molecule is CC1(C)CNc2c(Br)cc(C(C)(C)C)cc2C1. The van der Waals surface area contributed by atoms with Gasteiger partial charge in [-0.1, -0.05) is 40.7 Å². The molecule has 2 rings (SSSR count). The van der Waals surface area contributed by atoms with Gasteiger partial charge in [0.1, 0.15) is 0 Å². The first-order valence-corrected chi connectivity index (χ1v) is 7.05. The molecule has 1 heterocycles. The minimum absolute atomic E-state index is 0.207. The van der Waals surface area contributed by atoms with Gasteiger partial charge in [0.05, 0.1) is 5.69 Å². The molecule has 0 bridgehead atoms. The van der Waals surface area contributed by atoms with Crippen LogP contribution >= 0.6 is 15.9 Å². The molecule has 17 heavy (non-hydrogen) atoms. The van der Waals surface area contributed by atoms with Crippen LogP contribution in [-0.4, -0.2) is 6.54 Å². The Kier molecular flexibility index (Phi) is 3.05. The predicted octanol–water partition coefficient (Wildman–Crippen LogP) is 4.74. The van der Waals surface area contributed by atoms with Crippen molar-refractivity contribution in [1.82, 2.24) is 0 Å². The van der Waals surface area contributed by atoms with Crippen LogP contribution in [0.3, 0.4) is 0 Å². The van der Waals surface area contributed by atoms with E-state index in [1.807, 2.05) is 0 Å². The lowest BCUT2D eigenvalue weighted by molar-refractivity contribution is 0.378. The fraction of sp³-hybridized carbons (Fsp3) is 0.600. The smallest absolute Gasteiger partial charge is 0.0517 e. The molecule has 1 N–H and O–H groups in total. The third-order valence-corrected chi connectivity index (χ3v) is 4.08. The van der Waals surface area contributed by atoms with Crippen LogP contribution in [0, 0.1) is 5.41 Å². The van der Waals surface area contributed by atoms with E-state index in [9.17, 15) is 0 Å². The van der Waals surface area contributed by atoms with Gasteiger partial charge in [-0.3, -0.25) is 0 Å². The fourth-order valence-electron chi connectivity index (χ4n) is 2.34. The van der Waals surface area contributed by atoms with E-state index < -0.39 is 0 Å². The maximum absolute atomic E-state index is 3.70. The number of rotatable bonds is 0. The number of anilines is 1. The molecule has 0 fully saturated rings. The van der Waals surface area contributed by atoms with E-state index in [0.717, 1.165) is 13.0 Å². The lowest BCUT2D eigenvalue weighted by Crippen LogP contribution is -2.31. The average Bonchev–Trinajstić information content (AvgIpc) is 2.13. The van der Waals surface area contributed by atoms with E-state index in [2.05, 4.69) is 68.0 Å². The minimum Gasteiger partial charge on any atom is -0.383 e. The molecule has 1 aliphatic rings. The second-order valence-electron chi connectivity index (χ2n) is 6.94. The normalized spacial score (nSPS) is 18.5. The molecule has 1 aromatic rings. The highest BCUT2D eigenvalue weighted by molar-refractivity contribution is 9.10. The second-order valence-corrected chi connectivity index (χ2v) is 7.79. The summed E-state index contributed by atoms with van der Waals surface area (Å²) in [5.74, 6) is 0. The monoisotopic (exact) mass is 295 g/mol. The van der Waals surface area contributed by atoms with Gasteiger partial charge in [0.15, 0.2) is 0 Å². The third kappa shape index (κ3) is 2.67.